The maximum Gasteiger partial charge on any atom is 0.254 e. The molecule has 0 amide bonds. The van der Waals surface area contributed by atoms with E-state index in [1.54, 1.807) is 17.6 Å². The van der Waals surface area contributed by atoms with Crippen LogP contribution in [-0.2, 0) is 13.0 Å². The summed E-state index contributed by atoms with van der Waals surface area (Å²) in [6.07, 6.45) is 1.65. The summed E-state index contributed by atoms with van der Waals surface area (Å²) in [7, 11) is 0. The van der Waals surface area contributed by atoms with Gasteiger partial charge in [-0.2, -0.15) is 5.26 Å². The van der Waals surface area contributed by atoms with Crippen LogP contribution in [0.25, 0.3) is 11.3 Å². The average molecular weight is 381 g/mol. The first-order valence-corrected chi connectivity index (χ1v) is 8.94. The molecule has 0 aliphatic carbocycles. The molecule has 2 heterocycles. The van der Waals surface area contributed by atoms with Crippen molar-refractivity contribution in [3.8, 4) is 23.1 Å². The van der Waals surface area contributed by atoms with E-state index in [1.807, 2.05) is 26.0 Å². The number of nitriles is 1. The lowest BCUT2D eigenvalue weighted by molar-refractivity contribution is 0.417. The third-order valence-corrected chi connectivity index (χ3v) is 4.75. The number of phenols is 1. The lowest BCUT2D eigenvalue weighted by atomic mass is 10.0. The van der Waals surface area contributed by atoms with E-state index < -0.39 is 11.6 Å². The summed E-state index contributed by atoms with van der Waals surface area (Å²) < 4.78 is 20.5. The Kier molecular flexibility index (Phi) is 5.32. The molecular weight excluding hydrogens is 361 g/mol. The summed E-state index contributed by atoms with van der Waals surface area (Å²) in [5.41, 5.74) is 3.21. The quantitative estimate of drug-likeness (QED) is 0.725. The van der Waals surface area contributed by atoms with Gasteiger partial charge in [-0.05, 0) is 44.0 Å². The van der Waals surface area contributed by atoms with Crippen LogP contribution in [0.3, 0.4) is 0 Å². The topological polar surface area (TPSA) is 92.1 Å². The molecule has 0 unspecified atom stereocenters. The van der Waals surface area contributed by atoms with Gasteiger partial charge in [0.05, 0.1) is 12.1 Å². The largest absolute Gasteiger partial charge is 0.505 e. The second-order valence-corrected chi connectivity index (χ2v) is 6.73. The maximum absolute atomic E-state index is 13.5. The maximum atomic E-state index is 13.5. The van der Waals surface area contributed by atoms with Crippen LogP contribution >= 0.6 is 0 Å². The molecule has 0 bridgehead atoms. The molecule has 2 aromatic heterocycles. The van der Waals surface area contributed by atoms with Crippen molar-refractivity contribution in [1.82, 2.24) is 9.72 Å². The number of hydrogen-bond donors (Lipinski definition) is 1. The van der Waals surface area contributed by atoms with Crippen molar-refractivity contribution in [1.29, 1.82) is 5.26 Å². The summed E-state index contributed by atoms with van der Waals surface area (Å²) in [4.78, 5) is 12.7. The fourth-order valence-electron chi connectivity index (χ4n) is 3.11. The van der Waals surface area contributed by atoms with E-state index in [-0.39, 0.29) is 29.0 Å². The third-order valence-electron chi connectivity index (χ3n) is 4.75. The van der Waals surface area contributed by atoms with Crippen molar-refractivity contribution in [2.75, 3.05) is 0 Å². The van der Waals surface area contributed by atoms with Crippen LogP contribution < -0.4 is 5.56 Å². The minimum absolute atomic E-state index is 0.0213. The van der Waals surface area contributed by atoms with E-state index in [1.165, 1.54) is 0 Å². The molecule has 6 nitrogen and oxygen atoms in total. The Morgan fingerprint density at radius 1 is 1.29 bits per heavy atom. The third kappa shape index (κ3) is 3.54. The standard InChI is InChI=1S/C21H20FN3O3/c1-4-5-16-6-12(2)13(3)21(27)25(16)11-15-8-20(28-24-15)17-9-19(26)18(22)7-14(17)10-23/h6-9,26H,4-5,11H2,1-3H3. The lowest BCUT2D eigenvalue weighted by Crippen LogP contribution is -2.27. The molecule has 3 rings (SSSR count). The summed E-state index contributed by atoms with van der Waals surface area (Å²) in [6, 6.07) is 7.54. The van der Waals surface area contributed by atoms with E-state index in [0.717, 1.165) is 36.2 Å². The molecule has 0 atom stereocenters. The van der Waals surface area contributed by atoms with Crippen LogP contribution in [0.2, 0.25) is 0 Å². The van der Waals surface area contributed by atoms with Gasteiger partial charge in [-0.3, -0.25) is 4.79 Å². The van der Waals surface area contributed by atoms with Gasteiger partial charge >= 0.3 is 0 Å². The first-order chi connectivity index (χ1) is 13.3. The molecule has 1 aromatic carbocycles. The minimum Gasteiger partial charge on any atom is -0.505 e. The van der Waals surface area contributed by atoms with Gasteiger partial charge in [-0.15, -0.1) is 0 Å². The second-order valence-electron chi connectivity index (χ2n) is 6.73. The number of aryl methyl sites for hydroxylation is 2. The fraction of sp³-hybridized carbons (Fsp3) is 0.286. The predicted octanol–water partition coefficient (Wildman–Crippen LogP) is 3.84. The van der Waals surface area contributed by atoms with Gasteiger partial charge in [-0.25, -0.2) is 4.39 Å². The Balaban J connectivity index is 2.02. The summed E-state index contributed by atoms with van der Waals surface area (Å²) in [5.74, 6) is -1.25. The van der Waals surface area contributed by atoms with Crippen LogP contribution in [0, 0.1) is 31.0 Å². The van der Waals surface area contributed by atoms with Gasteiger partial charge < -0.3 is 14.2 Å². The van der Waals surface area contributed by atoms with Crippen LogP contribution in [0.5, 0.6) is 5.75 Å². The Morgan fingerprint density at radius 2 is 2.04 bits per heavy atom. The van der Waals surface area contributed by atoms with Gasteiger partial charge in [0.2, 0.25) is 0 Å². The van der Waals surface area contributed by atoms with Crippen LogP contribution in [0.1, 0.15) is 41.4 Å². The van der Waals surface area contributed by atoms with Crippen molar-refractivity contribution in [2.24, 2.45) is 0 Å². The molecule has 0 spiro atoms. The molecule has 0 saturated heterocycles. The minimum atomic E-state index is -0.883. The summed E-state index contributed by atoms with van der Waals surface area (Å²) >= 11 is 0. The highest BCUT2D eigenvalue weighted by molar-refractivity contribution is 5.68. The van der Waals surface area contributed by atoms with Gasteiger partial charge in [0.15, 0.2) is 17.3 Å². The number of pyridine rings is 1. The number of halogens is 1. The van der Waals surface area contributed by atoms with Crippen LogP contribution in [-0.4, -0.2) is 14.8 Å². The Labute approximate surface area is 161 Å². The number of aromatic nitrogens is 2. The van der Waals surface area contributed by atoms with E-state index >= 15 is 0 Å². The zero-order chi connectivity index (χ0) is 20.4. The van der Waals surface area contributed by atoms with Gasteiger partial charge in [-0.1, -0.05) is 18.5 Å². The molecule has 0 aliphatic rings. The molecule has 3 aromatic rings. The number of rotatable bonds is 5. The van der Waals surface area contributed by atoms with E-state index in [9.17, 15) is 19.6 Å². The molecule has 0 radical (unpaired) electrons. The Morgan fingerprint density at radius 3 is 2.71 bits per heavy atom. The van der Waals surface area contributed by atoms with Gasteiger partial charge in [0.25, 0.3) is 5.56 Å². The molecule has 0 saturated carbocycles. The first-order valence-electron chi connectivity index (χ1n) is 8.94. The molecule has 0 fully saturated rings. The van der Waals surface area contributed by atoms with Crippen LogP contribution in [0.4, 0.5) is 4.39 Å². The highest BCUT2D eigenvalue weighted by atomic mass is 19.1. The molecule has 0 aliphatic heterocycles. The highest BCUT2D eigenvalue weighted by Crippen LogP contribution is 2.30. The summed E-state index contributed by atoms with van der Waals surface area (Å²) in [5, 5.41) is 22.8. The van der Waals surface area contributed by atoms with E-state index in [2.05, 4.69) is 5.16 Å². The van der Waals surface area contributed by atoms with Gasteiger partial charge in [0.1, 0.15) is 11.8 Å². The van der Waals surface area contributed by atoms with E-state index in [4.69, 9.17) is 4.52 Å². The first kappa shape index (κ1) is 19.4. The Bertz CT molecular complexity index is 1140. The zero-order valence-electron chi connectivity index (χ0n) is 15.9. The Hall–Kier alpha value is -3.40. The fourth-order valence-corrected chi connectivity index (χ4v) is 3.11. The van der Waals surface area contributed by atoms with Crippen LogP contribution in [0.15, 0.2) is 33.6 Å². The molecule has 28 heavy (non-hydrogen) atoms. The monoisotopic (exact) mass is 381 g/mol. The number of benzene rings is 1. The lowest BCUT2D eigenvalue weighted by Gasteiger charge is -2.14. The number of aromatic hydroxyl groups is 1. The number of nitrogens with zero attached hydrogens (tertiary/aromatic N) is 3. The average Bonchev–Trinajstić information content (AvgIpc) is 3.13. The van der Waals surface area contributed by atoms with E-state index in [0.29, 0.717) is 11.3 Å². The summed E-state index contributed by atoms with van der Waals surface area (Å²) in [6.45, 7) is 5.97. The molecule has 144 valence electrons. The SMILES string of the molecule is CCCc1cc(C)c(C)c(=O)n1Cc1cc(-c2cc(O)c(F)cc2C#N)on1. The van der Waals surface area contributed by atoms with Crippen molar-refractivity contribution >= 4 is 0 Å². The zero-order valence-corrected chi connectivity index (χ0v) is 15.9. The highest BCUT2D eigenvalue weighted by Gasteiger charge is 2.17. The van der Waals surface area contributed by atoms with Crippen molar-refractivity contribution < 1.29 is 14.0 Å². The van der Waals surface area contributed by atoms with Gasteiger partial charge in [0, 0.05) is 22.9 Å². The second kappa shape index (κ2) is 7.69. The predicted molar refractivity (Wildman–Crippen MR) is 102 cm³/mol. The molecular formula is C21H20FN3O3. The molecule has 1 N–H and O–H groups in total. The van der Waals surface area contributed by atoms with Crippen molar-refractivity contribution in [2.45, 2.75) is 40.2 Å². The normalized spacial score (nSPS) is 10.8. The number of hydrogen-bond acceptors (Lipinski definition) is 5. The molecule has 7 heteroatoms. The number of phenolic OH excluding ortho intramolecular Hbond substituents is 1. The van der Waals surface area contributed by atoms with Crippen molar-refractivity contribution in [3.05, 3.63) is 68.5 Å². The smallest absolute Gasteiger partial charge is 0.254 e. The van der Waals surface area contributed by atoms with Crippen molar-refractivity contribution in [3.63, 3.8) is 0 Å².